The molecule has 130 valence electrons. The van der Waals surface area contributed by atoms with Crippen molar-refractivity contribution < 1.29 is 4.79 Å². The van der Waals surface area contributed by atoms with Crippen LogP contribution < -0.4 is 10.2 Å². The summed E-state index contributed by atoms with van der Waals surface area (Å²) in [4.78, 5) is 19.0. The van der Waals surface area contributed by atoms with Crippen LogP contribution in [0.4, 0.5) is 17.1 Å². The number of anilines is 3. The van der Waals surface area contributed by atoms with Crippen LogP contribution in [0.1, 0.15) is 15.9 Å². The van der Waals surface area contributed by atoms with Gasteiger partial charge in [-0.3, -0.25) is 9.78 Å². The zero-order valence-corrected chi connectivity index (χ0v) is 15.3. The van der Waals surface area contributed by atoms with Gasteiger partial charge in [0, 0.05) is 24.1 Å². The number of halogens is 2. The SMILES string of the molecule is O=C(Nc1ccc(Cl)c(Cl)c1)c1cncc(N2CCc3ccccc32)c1. The molecule has 3 aromatic rings. The molecule has 2 aromatic carbocycles. The summed E-state index contributed by atoms with van der Waals surface area (Å²) in [5, 5.41) is 3.66. The van der Waals surface area contributed by atoms with E-state index in [9.17, 15) is 4.79 Å². The highest BCUT2D eigenvalue weighted by Crippen LogP contribution is 2.34. The Bertz CT molecular complexity index is 990. The van der Waals surface area contributed by atoms with Crippen LogP contribution in [0.5, 0.6) is 0 Å². The fraction of sp³-hybridized carbons (Fsp3) is 0.100. The monoisotopic (exact) mass is 383 g/mol. The highest BCUT2D eigenvalue weighted by molar-refractivity contribution is 6.42. The van der Waals surface area contributed by atoms with E-state index in [1.54, 1.807) is 30.6 Å². The summed E-state index contributed by atoms with van der Waals surface area (Å²) < 4.78 is 0. The van der Waals surface area contributed by atoms with E-state index in [1.165, 1.54) is 5.56 Å². The molecular formula is C20H15Cl2N3O. The molecule has 0 atom stereocenters. The molecule has 1 aromatic heterocycles. The molecule has 0 saturated carbocycles. The van der Waals surface area contributed by atoms with Crippen molar-refractivity contribution in [2.75, 3.05) is 16.8 Å². The van der Waals surface area contributed by atoms with Crippen LogP contribution in [-0.4, -0.2) is 17.4 Å². The Morgan fingerprint density at radius 1 is 1.04 bits per heavy atom. The van der Waals surface area contributed by atoms with Gasteiger partial charge in [0.05, 0.1) is 27.5 Å². The first-order valence-electron chi connectivity index (χ1n) is 8.19. The molecule has 4 nitrogen and oxygen atoms in total. The Balaban J connectivity index is 1.58. The van der Waals surface area contributed by atoms with Crippen LogP contribution in [0.3, 0.4) is 0 Å². The van der Waals surface area contributed by atoms with Gasteiger partial charge in [-0.2, -0.15) is 0 Å². The van der Waals surface area contributed by atoms with E-state index < -0.39 is 0 Å². The molecule has 1 aliphatic rings. The lowest BCUT2D eigenvalue weighted by Gasteiger charge is -2.19. The maximum atomic E-state index is 12.6. The predicted molar refractivity (Wildman–Crippen MR) is 106 cm³/mol. The third-order valence-electron chi connectivity index (χ3n) is 4.36. The molecule has 0 fully saturated rings. The fourth-order valence-corrected chi connectivity index (χ4v) is 3.38. The zero-order chi connectivity index (χ0) is 18.1. The molecule has 0 bridgehead atoms. The summed E-state index contributed by atoms with van der Waals surface area (Å²) in [6, 6.07) is 15.1. The number of rotatable bonds is 3. The minimum atomic E-state index is -0.245. The molecule has 6 heteroatoms. The van der Waals surface area contributed by atoms with Gasteiger partial charge < -0.3 is 10.2 Å². The first-order valence-corrected chi connectivity index (χ1v) is 8.94. The molecular weight excluding hydrogens is 369 g/mol. The number of carbonyl (C=O) groups is 1. The zero-order valence-electron chi connectivity index (χ0n) is 13.7. The van der Waals surface area contributed by atoms with E-state index in [-0.39, 0.29) is 5.91 Å². The highest BCUT2D eigenvalue weighted by Gasteiger charge is 2.21. The molecule has 2 heterocycles. The maximum Gasteiger partial charge on any atom is 0.257 e. The molecule has 0 spiro atoms. The third-order valence-corrected chi connectivity index (χ3v) is 5.10. The second-order valence-electron chi connectivity index (χ2n) is 6.05. The Hall–Kier alpha value is -2.56. The van der Waals surface area contributed by atoms with Gasteiger partial charge in [0.15, 0.2) is 0 Å². The molecule has 1 aliphatic heterocycles. The topological polar surface area (TPSA) is 45.2 Å². The largest absolute Gasteiger partial charge is 0.340 e. The first kappa shape index (κ1) is 16.9. The average molecular weight is 384 g/mol. The normalized spacial score (nSPS) is 12.8. The average Bonchev–Trinajstić information content (AvgIpc) is 3.09. The quantitative estimate of drug-likeness (QED) is 0.664. The van der Waals surface area contributed by atoms with Gasteiger partial charge in [-0.15, -0.1) is 0 Å². The Kier molecular flexibility index (Phi) is 4.53. The molecule has 1 N–H and O–H groups in total. The summed E-state index contributed by atoms with van der Waals surface area (Å²) in [7, 11) is 0. The van der Waals surface area contributed by atoms with E-state index >= 15 is 0 Å². The van der Waals surface area contributed by atoms with Crippen molar-refractivity contribution in [1.82, 2.24) is 4.98 Å². The van der Waals surface area contributed by atoms with Crippen LogP contribution in [0.2, 0.25) is 10.0 Å². The number of pyridine rings is 1. The number of benzene rings is 2. The van der Waals surface area contributed by atoms with Crippen molar-refractivity contribution in [3.63, 3.8) is 0 Å². The predicted octanol–water partition coefficient (Wildman–Crippen LogP) is 5.33. The number of para-hydroxylation sites is 1. The number of carbonyl (C=O) groups excluding carboxylic acids is 1. The number of nitrogens with one attached hydrogen (secondary N) is 1. The van der Waals surface area contributed by atoms with E-state index in [4.69, 9.17) is 23.2 Å². The summed E-state index contributed by atoms with van der Waals surface area (Å²) >= 11 is 11.9. The van der Waals surface area contributed by atoms with Gasteiger partial charge in [0.1, 0.15) is 0 Å². The van der Waals surface area contributed by atoms with Gasteiger partial charge >= 0.3 is 0 Å². The Labute approximate surface area is 161 Å². The first-order chi connectivity index (χ1) is 12.6. The van der Waals surface area contributed by atoms with Gasteiger partial charge in [0.2, 0.25) is 0 Å². The van der Waals surface area contributed by atoms with Gasteiger partial charge in [0.25, 0.3) is 5.91 Å². The molecule has 0 aliphatic carbocycles. The van der Waals surface area contributed by atoms with Crippen molar-refractivity contribution in [2.24, 2.45) is 0 Å². The Morgan fingerprint density at radius 2 is 1.88 bits per heavy atom. The van der Waals surface area contributed by atoms with E-state index in [0.717, 1.165) is 24.3 Å². The number of hydrogen-bond donors (Lipinski definition) is 1. The van der Waals surface area contributed by atoms with E-state index in [2.05, 4.69) is 27.3 Å². The van der Waals surface area contributed by atoms with Crippen molar-refractivity contribution >= 4 is 46.2 Å². The standard InChI is InChI=1S/C20H15Cl2N3O/c21-17-6-5-15(10-18(17)22)24-20(26)14-9-16(12-23-11-14)25-8-7-13-3-1-2-4-19(13)25/h1-6,9-12H,7-8H2,(H,24,26). The van der Waals surface area contributed by atoms with E-state index in [0.29, 0.717) is 21.3 Å². The van der Waals surface area contributed by atoms with Crippen molar-refractivity contribution in [3.8, 4) is 0 Å². The number of fused-ring (bicyclic) bond motifs is 1. The van der Waals surface area contributed by atoms with Gasteiger partial charge in [-0.05, 0) is 42.3 Å². The number of amides is 1. The minimum absolute atomic E-state index is 0.245. The lowest BCUT2D eigenvalue weighted by Crippen LogP contribution is -2.16. The summed E-state index contributed by atoms with van der Waals surface area (Å²) in [5.74, 6) is -0.245. The molecule has 1 amide bonds. The van der Waals surface area contributed by atoms with Crippen LogP contribution >= 0.6 is 23.2 Å². The number of aromatic nitrogens is 1. The van der Waals surface area contributed by atoms with Crippen LogP contribution in [0, 0.1) is 0 Å². The van der Waals surface area contributed by atoms with Crippen molar-refractivity contribution in [1.29, 1.82) is 0 Å². The van der Waals surface area contributed by atoms with Gasteiger partial charge in [-0.1, -0.05) is 41.4 Å². The van der Waals surface area contributed by atoms with Gasteiger partial charge in [-0.25, -0.2) is 0 Å². The highest BCUT2D eigenvalue weighted by atomic mass is 35.5. The maximum absolute atomic E-state index is 12.6. The molecule has 0 unspecified atom stereocenters. The number of hydrogen-bond acceptors (Lipinski definition) is 3. The molecule has 0 saturated heterocycles. The molecule has 4 rings (SSSR count). The lowest BCUT2D eigenvalue weighted by molar-refractivity contribution is 0.102. The summed E-state index contributed by atoms with van der Waals surface area (Å²) in [5.41, 5.74) is 4.44. The van der Waals surface area contributed by atoms with Crippen LogP contribution in [0.25, 0.3) is 0 Å². The molecule has 26 heavy (non-hydrogen) atoms. The number of nitrogens with zero attached hydrogens (tertiary/aromatic N) is 2. The lowest BCUT2D eigenvalue weighted by atomic mass is 10.2. The minimum Gasteiger partial charge on any atom is -0.340 e. The van der Waals surface area contributed by atoms with E-state index in [1.807, 2.05) is 18.2 Å². The van der Waals surface area contributed by atoms with Crippen LogP contribution in [-0.2, 0) is 6.42 Å². The fourth-order valence-electron chi connectivity index (χ4n) is 3.08. The molecule has 0 radical (unpaired) electrons. The smallest absolute Gasteiger partial charge is 0.257 e. The Morgan fingerprint density at radius 3 is 2.73 bits per heavy atom. The van der Waals surface area contributed by atoms with Crippen molar-refractivity contribution in [2.45, 2.75) is 6.42 Å². The summed E-state index contributed by atoms with van der Waals surface area (Å²) in [6.07, 6.45) is 4.31. The second-order valence-corrected chi connectivity index (χ2v) is 6.86. The summed E-state index contributed by atoms with van der Waals surface area (Å²) in [6.45, 7) is 0.874. The van der Waals surface area contributed by atoms with Crippen molar-refractivity contribution in [3.05, 3.63) is 82.1 Å². The third kappa shape index (κ3) is 3.26. The van der Waals surface area contributed by atoms with Crippen LogP contribution in [0.15, 0.2) is 60.9 Å². The second kappa shape index (κ2) is 6.98.